The molecule has 3 aromatic carbocycles. The maximum atomic E-state index is 14.7. The Hall–Kier alpha value is -4.18. The number of rotatable bonds is 2. The number of carbonyl (C=O) groups excluding carboxylic acids is 1. The number of guanidine groups is 1. The molecule has 0 aliphatic carbocycles. The van der Waals surface area contributed by atoms with E-state index < -0.39 is 23.4 Å². The smallest absolute Gasteiger partial charge is 0.259 e. The molecule has 1 amide bonds. The van der Waals surface area contributed by atoms with E-state index in [-0.39, 0.29) is 11.9 Å². The third kappa shape index (κ3) is 2.84. The Balaban J connectivity index is 1.71. The predicted octanol–water partition coefficient (Wildman–Crippen LogP) is 3.77. The number of halogens is 1. The summed E-state index contributed by atoms with van der Waals surface area (Å²) in [5.41, 5.74) is 7.60. The lowest BCUT2D eigenvalue weighted by Gasteiger charge is -2.42. The van der Waals surface area contributed by atoms with E-state index in [1.54, 1.807) is 42.5 Å². The number of hydrogen-bond acceptors (Lipinski definition) is 5. The first-order valence-corrected chi connectivity index (χ1v) is 10.2. The summed E-state index contributed by atoms with van der Waals surface area (Å²) in [5, 5.41) is 11.9. The Kier molecular flexibility index (Phi) is 4.45. The standard InChI is InChI=1S/C25H19FN4O2/c1-14-22(18-7-2-3-8-20(18)26)32-21-10-9-17(16-6-4-5-15(11-16)13-27)12-19(21)25(14)23(31)29-24(28)30-25/h2-12,14,22H,1H3,(H3,28,29,30,31)/t14?,22-,25-/m1/s1. The van der Waals surface area contributed by atoms with E-state index in [0.717, 1.165) is 11.1 Å². The van der Waals surface area contributed by atoms with Crippen LogP contribution in [0, 0.1) is 23.1 Å². The summed E-state index contributed by atoms with van der Waals surface area (Å²) >= 11 is 0. The molecule has 158 valence electrons. The van der Waals surface area contributed by atoms with E-state index in [1.165, 1.54) is 6.07 Å². The highest BCUT2D eigenvalue weighted by Crippen LogP contribution is 2.53. The number of ether oxygens (including phenoxy) is 1. The molecule has 6 nitrogen and oxygen atoms in total. The highest BCUT2D eigenvalue weighted by atomic mass is 19.1. The molecule has 5 rings (SSSR count). The molecule has 1 spiro atoms. The molecule has 2 aliphatic heterocycles. The van der Waals surface area contributed by atoms with Gasteiger partial charge in [0, 0.05) is 17.0 Å². The second-order valence-corrected chi connectivity index (χ2v) is 7.97. The number of nitrogens with zero attached hydrogens (tertiary/aromatic N) is 2. The molecule has 3 aromatic rings. The number of hydrogen-bond donors (Lipinski definition) is 2. The van der Waals surface area contributed by atoms with Gasteiger partial charge >= 0.3 is 0 Å². The maximum Gasteiger partial charge on any atom is 0.259 e. The zero-order chi connectivity index (χ0) is 22.5. The second-order valence-electron chi connectivity index (χ2n) is 7.97. The van der Waals surface area contributed by atoms with Crippen molar-refractivity contribution in [2.45, 2.75) is 18.6 Å². The zero-order valence-corrected chi connectivity index (χ0v) is 17.2. The van der Waals surface area contributed by atoms with Crippen molar-refractivity contribution in [1.82, 2.24) is 5.32 Å². The van der Waals surface area contributed by atoms with Crippen LogP contribution in [0.5, 0.6) is 5.75 Å². The van der Waals surface area contributed by atoms with E-state index >= 15 is 0 Å². The normalized spacial score (nSPS) is 23.7. The van der Waals surface area contributed by atoms with Gasteiger partial charge in [-0.3, -0.25) is 10.1 Å². The van der Waals surface area contributed by atoms with Crippen molar-refractivity contribution in [3.8, 4) is 22.9 Å². The fourth-order valence-electron chi connectivity index (χ4n) is 4.59. The van der Waals surface area contributed by atoms with Crippen LogP contribution >= 0.6 is 0 Å². The van der Waals surface area contributed by atoms with Crippen molar-refractivity contribution in [3.05, 3.63) is 89.2 Å². The molecule has 0 saturated heterocycles. The largest absolute Gasteiger partial charge is 0.485 e. The summed E-state index contributed by atoms with van der Waals surface area (Å²) < 4.78 is 20.9. The summed E-state index contributed by atoms with van der Waals surface area (Å²) in [7, 11) is 0. The molecule has 7 heteroatoms. The summed E-state index contributed by atoms with van der Waals surface area (Å²) in [6, 6.07) is 21.1. The van der Waals surface area contributed by atoms with Gasteiger partial charge in [0.25, 0.3) is 5.91 Å². The molecule has 0 aromatic heterocycles. The van der Waals surface area contributed by atoms with Gasteiger partial charge in [0.15, 0.2) is 11.5 Å². The molecule has 0 saturated carbocycles. The van der Waals surface area contributed by atoms with Crippen molar-refractivity contribution < 1.29 is 13.9 Å². The highest BCUT2D eigenvalue weighted by Gasteiger charge is 2.57. The van der Waals surface area contributed by atoms with Crippen LogP contribution in [0.4, 0.5) is 4.39 Å². The minimum absolute atomic E-state index is 0.0128. The third-order valence-corrected chi connectivity index (χ3v) is 6.18. The fraction of sp³-hybridized carbons (Fsp3) is 0.160. The second kappa shape index (κ2) is 7.20. The number of benzene rings is 3. The van der Waals surface area contributed by atoms with Gasteiger partial charge in [-0.25, -0.2) is 9.38 Å². The van der Waals surface area contributed by atoms with Crippen LogP contribution in [0.2, 0.25) is 0 Å². The van der Waals surface area contributed by atoms with Gasteiger partial charge in [0.05, 0.1) is 11.6 Å². The molecule has 3 N–H and O–H groups in total. The van der Waals surface area contributed by atoms with Crippen LogP contribution in [0.3, 0.4) is 0 Å². The molecule has 1 unspecified atom stereocenters. The molecule has 3 atom stereocenters. The Morgan fingerprint density at radius 3 is 2.62 bits per heavy atom. The van der Waals surface area contributed by atoms with Crippen LogP contribution in [-0.2, 0) is 10.3 Å². The number of amides is 1. The molecule has 32 heavy (non-hydrogen) atoms. The van der Waals surface area contributed by atoms with Gasteiger partial charge in [-0.15, -0.1) is 0 Å². The summed E-state index contributed by atoms with van der Waals surface area (Å²) in [4.78, 5) is 17.8. The quantitative estimate of drug-likeness (QED) is 0.651. The molecule has 0 bridgehead atoms. The number of nitriles is 1. The van der Waals surface area contributed by atoms with Gasteiger partial charge in [-0.1, -0.05) is 43.3 Å². The average Bonchev–Trinajstić information content (AvgIpc) is 3.11. The van der Waals surface area contributed by atoms with E-state index in [2.05, 4.69) is 16.4 Å². The highest BCUT2D eigenvalue weighted by molar-refractivity contribution is 6.08. The number of fused-ring (bicyclic) bond motifs is 2. The average molecular weight is 426 g/mol. The SMILES string of the molecule is CC1[C@H](c2ccccc2F)Oc2ccc(-c3cccc(C#N)c3)cc2[C@]12N=C(N)NC2=O. The van der Waals surface area contributed by atoms with Crippen molar-refractivity contribution in [2.75, 3.05) is 0 Å². The number of carbonyl (C=O) groups is 1. The number of aliphatic imine (C=N–C) groups is 1. The van der Waals surface area contributed by atoms with Gasteiger partial charge in [0.1, 0.15) is 17.7 Å². The Morgan fingerprint density at radius 2 is 1.91 bits per heavy atom. The monoisotopic (exact) mass is 426 g/mol. The van der Waals surface area contributed by atoms with E-state index in [4.69, 9.17) is 10.5 Å². The lowest BCUT2D eigenvalue weighted by Crippen LogP contribution is -2.48. The third-order valence-electron chi connectivity index (χ3n) is 6.18. The van der Waals surface area contributed by atoms with Crippen molar-refractivity contribution in [3.63, 3.8) is 0 Å². The van der Waals surface area contributed by atoms with Crippen LogP contribution < -0.4 is 15.8 Å². The first-order valence-electron chi connectivity index (χ1n) is 10.2. The van der Waals surface area contributed by atoms with Crippen LogP contribution in [0.15, 0.2) is 71.7 Å². The topological polar surface area (TPSA) is 100 Å². The molecule has 2 heterocycles. The predicted molar refractivity (Wildman–Crippen MR) is 117 cm³/mol. The Bertz CT molecular complexity index is 1330. The van der Waals surface area contributed by atoms with Crippen molar-refractivity contribution >= 4 is 11.9 Å². The lowest BCUT2D eigenvalue weighted by atomic mass is 9.72. The van der Waals surface area contributed by atoms with E-state index in [0.29, 0.717) is 22.4 Å². The molecule has 2 aliphatic rings. The molecule has 0 radical (unpaired) electrons. The number of nitrogens with two attached hydrogens (primary N) is 1. The number of nitrogens with one attached hydrogen (secondary N) is 1. The van der Waals surface area contributed by atoms with Gasteiger partial charge in [-0.2, -0.15) is 5.26 Å². The van der Waals surface area contributed by atoms with Gasteiger partial charge in [0.2, 0.25) is 0 Å². The maximum absolute atomic E-state index is 14.7. The minimum Gasteiger partial charge on any atom is -0.485 e. The van der Waals surface area contributed by atoms with Crippen LogP contribution in [0.1, 0.15) is 29.7 Å². The zero-order valence-electron chi connectivity index (χ0n) is 17.2. The first kappa shape index (κ1) is 19.8. The van der Waals surface area contributed by atoms with Gasteiger partial charge in [-0.05, 0) is 41.5 Å². The Labute approximate surface area is 184 Å². The van der Waals surface area contributed by atoms with Crippen molar-refractivity contribution in [1.29, 1.82) is 5.26 Å². The van der Waals surface area contributed by atoms with Crippen LogP contribution in [-0.4, -0.2) is 11.9 Å². The molecule has 0 fully saturated rings. The van der Waals surface area contributed by atoms with E-state index in [1.807, 2.05) is 25.1 Å². The molecular weight excluding hydrogens is 407 g/mol. The summed E-state index contributed by atoms with van der Waals surface area (Å²) in [5.74, 6) is -0.891. The lowest BCUT2D eigenvalue weighted by molar-refractivity contribution is -0.128. The van der Waals surface area contributed by atoms with Crippen molar-refractivity contribution in [2.24, 2.45) is 16.6 Å². The first-order chi connectivity index (χ1) is 15.4. The molecular formula is C25H19FN4O2. The summed E-state index contributed by atoms with van der Waals surface area (Å²) in [6.45, 7) is 1.81. The van der Waals surface area contributed by atoms with Crippen LogP contribution in [0.25, 0.3) is 11.1 Å². The summed E-state index contributed by atoms with van der Waals surface area (Å²) in [6.07, 6.45) is -0.739. The Morgan fingerprint density at radius 1 is 1.12 bits per heavy atom. The fourth-order valence-corrected chi connectivity index (χ4v) is 4.59. The van der Waals surface area contributed by atoms with Gasteiger partial charge < -0.3 is 10.5 Å². The minimum atomic E-state index is -1.37. The van der Waals surface area contributed by atoms with E-state index in [9.17, 15) is 14.4 Å².